The first-order valence-corrected chi connectivity index (χ1v) is 12.8. The first-order valence-electron chi connectivity index (χ1n) is 11.9. The van der Waals surface area contributed by atoms with Gasteiger partial charge in [0.1, 0.15) is 10.6 Å². The van der Waals surface area contributed by atoms with Gasteiger partial charge >= 0.3 is 0 Å². The zero-order valence-corrected chi connectivity index (χ0v) is 20.8. The first kappa shape index (κ1) is 23.0. The zero-order valence-electron chi connectivity index (χ0n) is 20.0. The van der Waals surface area contributed by atoms with Crippen LogP contribution in [0.25, 0.3) is 21.0 Å². The van der Waals surface area contributed by atoms with Crippen LogP contribution in [0.4, 0.5) is 0 Å². The van der Waals surface area contributed by atoms with Crippen LogP contribution in [0.3, 0.4) is 0 Å². The van der Waals surface area contributed by atoms with Crippen LogP contribution in [0.5, 0.6) is 5.75 Å². The molecule has 0 amide bonds. The summed E-state index contributed by atoms with van der Waals surface area (Å²) in [4.78, 5) is 20.4. The lowest BCUT2D eigenvalue weighted by Crippen LogP contribution is -2.36. The lowest BCUT2D eigenvalue weighted by atomic mass is 9.93. The third-order valence-corrected chi connectivity index (χ3v) is 7.73. The fraction of sp³-hybridized carbons (Fsp3) is 0.407. The number of thiophene rings is 1. The zero-order chi connectivity index (χ0) is 23.7. The highest BCUT2D eigenvalue weighted by Gasteiger charge is 2.25. The lowest BCUT2D eigenvalue weighted by molar-refractivity contribution is 0.0791. The summed E-state index contributed by atoms with van der Waals surface area (Å²) in [5.74, 6) is 0.786. The van der Waals surface area contributed by atoms with Gasteiger partial charge < -0.3 is 14.8 Å². The summed E-state index contributed by atoms with van der Waals surface area (Å²) in [7, 11) is 1.67. The first-order chi connectivity index (χ1) is 16.5. The molecule has 1 atom stereocenters. The summed E-state index contributed by atoms with van der Waals surface area (Å²) in [6.07, 6.45) is 4.80. The van der Waals surface area contributed by atoms with Crippen LogP contribution in [-0.4, -0.2) is 42.0 Å². The number of methoxy groups -OCH3 is 1. The molecule has 34 heavy (non-hydrogen) atoms. The minimum absolute atomic E-state index is 0.0363. The Labute approximate surface area is 203 Å². The second-order valence-electron chi connectivity index (χ2n) is 9.14. The van der Waals surface area contributed by atoms with E-state index in [1.54, 1.807) is 29.3 Å². The Kier molecular flexibility index (Phi) is 6.68. The second kappa shape index (κ2) is 9.86. The lowest BCUT2D eigenvalue weighted by Gasteiger charge is -2.23. The van der Waals surface area contributed by atoms with Crippen LogP contribution >= 0.6 is 11.3 Å². The monoisotopic (exact) mass is 477 g/mol. The number of aryl methyl sites for hydroxylation is 1. The van der Waals surface area contributed by atoms with Crippen molar-refractivity contribution in [1.29, 1.82) is 0 Å². The predicted molar refractivity (Wildman–Crippen MR) is 138 cm³/mol. The third kappa shape index (κ3) is 4.48. The molecule has 0 saturated carbocycles. The van der Waals surface area contributed by atoms with Crippen LogP contribution in [0, 0.1) is 0 Å². The van der Waals surface area contributed by atoms with Gasteiger partial charge in [-0.1, -0.05) is 30.3 Å². The number of fused-ring (bicyclic) bond motifs is 4. The van der Waals surface area contributed by atoms with Crippen molar-refractivity contribution in [3.05, 3.63) is 69.1 Å². The van der Waals surface area contributed by atoms with Crippen molar-refractivity contribution in [3.8, 4) is 5.75 Å². The maximum absolute atomic E-state index is 13.6. The van der Waals surface area contributed by atoms with Gasteiger partial charge in [-0.2, -0.15) is 0 Å². The smallest absolute Gasteiger partial charge is 0.262 e. The topological polar surface area (TPSA) is 65.4 Å². The van der Waals surface area contributed by atoms with Gasteiger partial charge in [-0.15, -0.1) is 11.3 Å². The van der Waals surface area contributed by atoms with Gasteiger partial charge in [0.25, 0.3) is 5.56 Å². The molecular formula is C27H31N3O3S. The number of hydrogen-bond acceptors (Lipinski definition) is 6. The molecule has 2 aromatic carbocycles. The number of hydrogen-bond donors (Lipinski definition) is 1. The molecule has 1 unspecified atom stereocenters. The molecule has 1 aliphatic carbocycles. The van der Waals surface area contributed by atoms with Crippen molar-refractivity contribution in [2.24, 2.45) is 0 Å². The van der Waals surface area contributed by atoms with E-state index in [0.29, 0.717) is 12.6 Å². The quantitative estimate of drug-likeness (QED) is 0.378. The van der Waals surface area contributed by atoms with Gasteiger partial charge in [0.05, 0.1) is 38.1 Å². The van der Waals surface area contributed by atoms with E-state index >= 15 is 0 Å². The molecule has 0 aliphatic heterocycles. The van der Waals surface area contributed by atoms with E-state index in [4.69, 9.17) is 14.5 Å². The Morgan fingerprint density at radius 3 is 2.91 bits per heavy atom. The molecule has 178 valence electrons. The summed E-state index contributed by atoms with van der Waals surface area (Å²) >= 11 is 1.67. The highest BCUT2D eigenvalue weighted by atomic mass is 32.1. The van der Waals surface area contributed by atoms with Crippen LogP contribution < -0.4 is 15.6 Å². The molecule has 2 aromatic heterocycles. The summed E-state index contributed by atoms with van der Waals surface area (Å²) in [6.45, 7) is 6.11. The van der Waals surface area contributed by atoms with Crippen LogP contribution in [-0.2, 0) is 24.1 Å². The van der Waals surface area contributed by atoms with Crippen molar-refractivity contribution in [1.82, 2.24) is 14.9 Å². The molecular weight excluding hydrogens is 446 g/mol. The average molecular weight is 478 g/mol. The molecule has 1 aliphatic rings. The molecule has 2 heterocycles. The molecule has 4 aromatic rings. The Balaban J connectivity index is 1.43. The third-order valence-electron chi connectivity index (χ3n) is 6.57. The normalized spacial score (nSPS) is 15.8. The minimum Gasteiger partial charge on any atom is -0.496 e. The Bertz CT molecular complexity index is 1380. The number of nitrogens with zero attached hydrogens (tertiary/aromatic N) is 2. The van der Waals surface area contributed by atoms with Crippen molar-refractivity contribution in [2.45, 2.75) is 51.8 Å². The van der Waals surface area contributed by atoms with Gasteiger partial charge in [0.2, 0.25) is 0 Å². The van der Waals surface area contributed by atoms with Gasteiger partial charge in [-0.25, -0.2) is 4.98 Å². The summed E-state index contributed by atoms with van der Waals surface area (Å²) < 4.78 is 13.0. The highest BCUT2D eigenvalue weighted by molar-refractivity contribution is 7.18. The summed E-state index contributed by atoms with van der Waals surface area (Å²) in [6, 6.07) is 12.6. The van der Waals surface area contributed by atoms with E-state index in [1.807, 2.05) is 18.2 Å². The Morgan fingerprint density at radius 2 is 2.09 bits per heavy atom. The van der Waals surface area contributed by atoms with E-state index in [-0.39, 0.29) is 11.7 Å². The average Bonchev–Trinajstić information content (AvgIpc) is 3.22. The highest BCUT2D eigenvalue weighted by Crippen LogP contribution is 2.34. The summed E-state index contributed by atoms with van der Waals surface area (Å²) in [5, 5.41) is 6.63. The molecule has 7 heteroatoms. The molecule has 0 saturated heterocycles. The van der Waals surface area contributed by atoms with Crippen molar-refractivity contribution in [2.75, 3.05) is 20.3 Å². The molecule has 0 spiro atoms. The SMILES string of the molecule is COc1ccc2ccccc2c1Cn1cnc2sc3c(c2c1=O)CCC(NCCOC(C)C)C3. The number of rotatable bonds is 8. The van der Waals surface area contributed by atoms with Crippen LogP contribution in [0.1, 0.15) is 36.3 Å². The van der Waals surface area contributed by atoms with Crippen LogP contribution in [0.2, 0.25) is 0 Å². The standard InChI is InChI=1S/C27H31N3O3S/c1-17(2)33-13-12-28-19-9-10-21-24(14-19)34-26-25(21)27(31)30(16-29-26)15-22-20-7-5-4-6-18(20)8-11-23(22)32-3/h4-8,11,16-17,19,28H,9-10,12-15H2,1-3H3. The molecule has 6 nitrogen and oxygen atoms in total. The molecule has 5 rings (SSSR count). The maximum Gasteiger partial charge on any atom is 0.262 e. The van der Waals surface area contributed by atoms with Crippen molar-refractivity contribution in [3.63, 3.8) is 0 Å². The minimum atomic E-state index is 0.0363. The van der Waals surface area contributed by atoms with Crippen LogP contribution in [0.15, 0.2) is 47.5 Å². The Hall–Kier alpha value is -2.74. The number of nitrogens with one attached hydrogen (secondary N) is 1. The van der Waals surface area contributed by atoms with E-state index in [1.165, 1.54) is 10.4 Å². The van der Waals surface area contributed by atoms with E-state index in [9.17, 15) is 4.79 Å². The fourth-order valence-corrected chi connectivity index (χ4v) is 6.14. The predicted octanol–water partition coefficient (Wildman–Crippen LogP) is 4.54. The molecule has 0 bridgehead atoms. The molecule has 0 radical (unpaired) electrons. The largest absolute Gasteiger partial charge is 0.496 e. The number of aromatic nitrogens is 2. The fourth-order valence-electron chi connectivity index (χ4n) is 4.89. The van der Waals surface area contributed by atoms with E-state index < -0.39 is 0 Å². The maximum atomic E-state index is 13.6. The molecule has 1 N–H and O–H groups in total. The molecule has 0 fully saturated rings. The summed E-state index contributed by atoms with van der Waals surface area (Å²) in [5.41, 5.74) is 2.23. The van der Waals surface area contributed by atoms with Gasteiger partial charge in [0, 0.05) is 23.0 Å². The number of ether oxygens (including phenoxy) is 2. The van der Waals surface area contributed by atoms with Crippen molar-refractivity contribution < 1.29 is 9.47 Å². The van der Waals surface area contributed by atoms with Gasteiger partial charge in [0.15, 0.2) is 0 Å². The van der Waals surface area contributed by atoms with E-state index in [0.717, 1.165) is 64.7 Å². The van der Waals surface area contributed by atoms with Gasteiger partial charge in [-0.05, 0) is 55.5 Å². The second-order valence-corrected chi connectivity index (χ2v) is 10.2. The van der Waals surface area contributed by atoms with Gasteiger partial charge in [-0.3, -0.25) is 9.36 Å². The Morgan fingerprint density at radius 1 is 1.24 bits per heavy atom. The van der Waals surface area contributed by atoms with Crippen molar-refractivity contribution >= 4 is 32.3 Å². The van der Waals surface area contributed by atoms with E-state index in [2.05, 4.69) is 37.4 Å². The number of benzene rings is 2.